The second kappa shape index (κ2) is 6.53. The highest BCUT2D eigenvalue weighted by Crippen LogP contribution is 2.16. The molecule has 0 unspecified atom stereocenters. The number of rotatable bonds is 4. The van der Waals surface area contributed by atoms with Gasteiger partial charge in [-0.15, -0.1) is 0 Å². The molecule has 0 aliphatic rings. The molecule has 1 aromatic carbocycles. The summed E-state index contributed by atoms with van der Waals surface area (Å²) < 4.78 is 0. The SMILES string of the molecule is CC[C@H](C)[C@H](N)C(=O)Nc1ccc(C#N)c(C#N)c1. The number of carbonyl (C=O) groups excluding carboxylic acids is 1. The van der Waals surface area contributed by atoms with Gasteiger partial charge in [0.1, 0.15) is 12.1 Å². The maximum absolute atomic E-state index is 11.9. The first-order valence-electron chi connectivity index (χ1n) is 6.04. The fourth-order valence-electron chi connectivity index (χ4n) is 1.55. The zero-order valence-electron chi connectivity index (χ0n) is 11.0. The van der Waals surface area contributed by atoms with E-state index >= 15 is 0 Å². The summed E-state index contributed by atoms with van der Waals surface area (Å²) in [5, 5.41) is 20.4. The van der Waals surface area contributed by atoms with Crippen LogP contribution < -0.4 is 11.1 Å². The molecule has 0 heterocycles. The van der Waals surface area contributed by atoms with Crippen LogP contribution in [0.25, 0.3) is 0 Å². The minimum absolute atomic E-state index is 0.0776. The molecule has 0 fully saturated rings. The fraction of sp³-hybridized carbons (Fsp3) is 0.357. The third-order valence-corrected chi connectivity index (χ3v) is 3.09. The van der Waals surface area contributed by atoms with Crippen molar-refractivity contribution in [3.05, 3.63) is 29.3 Å². The molecule has 1 rings (SSSR count). The highest BCUT2D eigenvalue weighted by atomic mass is 16.2. The van der Waals surface area contributed by atoms with Gasteiger partial charge >= 0.3 is 0 Å². The van der Waals surface area contributed by atoms with E-state index in [1.165, 1.54) is 12.1 Å². The first-order valence-corrected chi connectivity index (χ1v) is 6.04. The van der Waals surface area contributed by atoms with Crippen LogP contribution in [0.2, 0.25) is 0 Å². The van der Waals surface area contributed by atoms with E-state index in [-0.39, 0.29) is 23.0 Å². The third-order valence-electron chi connectivity index (χ3n) is 3.09. The second-order valence-electron chi connectivity index (χ2n) is 4.38. The van der Waals surface area contributed by atoms with Gasteiger partial charge in [0.2, 0.25) is 5.91 Å². The number of carbonyl (C=O) groups is 1. The quantitative estimate of drug-likeness (QED) is 0.856. The van der Waals surface area contributed by atoms with Crippen molar-refractivity contribution in [3.63, 3.8) is 0 Å². The summed E-state index contributed by atoms with van der Waals surface area (Å²) in [6.45, 7) is 3.87. The van der Waals surface area contributed by atoms with Crippen LogP contribution in [0.3, 0.4) is 0 Å². The molecule has 0 saturated heterocycles. The molecule has 1 aromatic rings. The van der Waals surface area contributed by atoms with E-state index in [9.17, 15) is 4.79 Å². The minimum atomic E-state index is -0.592. The van der Waals surface area contributed by atoms with Gasteiger partial charge in [-0.2, -0.15) is 10.5 Å². The lowest BCUT2D eigenvalue weighted by atomic mass is 9.99. The Hall–Kier alpha value is -2.37. The maximum atomic E-state index is 11.9. The molecule has 3 N–H and O–H groups in total. The first-order chi connectivity index (χ1) is 9.03. The molecule has 0 aromatic heterocycles. The number of nitriles is 2. The predicted molar refractivity (Wildman–Crippen MR) is 71.9 cm³/mol. The number of nitrogens with one attached hydrogen (secondary N) is 1. The van der Waals surface area contributed by atoms with E-state index < -0.39 is 6.04 Å². The number of hydrogen-bond donors (Lipinski definition) is 2. The van der Waals surface area contributed by atoms with Crippen LogP contribution in [0.4, 0.5) is 5.69 Å². The highest BCUT2D eigenvalue weighted by molar-refractivity contribution is 5.95. The number of nitrogens with zero attached hydrogens (tertiary/aromatic N) is 2. The van der Waals surface area contributed by atoms with Crippen molar-refractivity contribution < 1.29 is 4.79 Å². The van der Waals surface area contributed by atoms with Gasteiger partial charge < -0.3 is 11.1 Å². The van der Waals surface area contributed by atoms with Crippen LogP contribution in [0.15, 0.2) is 18.2 Å². The molecule has 1 amide bonds. The standard InChI is InChI=1S/C14H16N4O/c1-3-9(2)13(17)14(19)18-12-5-4-10(7-15)11(6-12)8-16/h4-6,9,13H,3,17H2,1-2H3,(H,18,19)/t9-,13-/m0/s1. The average Bonchev–Trinajstić information content (AvgIpc) is 2.45. The predicted octanol–water partition coefficient (Wildman–Crippen LogP) is 1.74. The molecule has 98 valence electrons. The Morgan fingerprint density at radius 2 is 2.00 bits per heavy atom. The molecule has 0 aliphatic heterocycles. The Balaban J connectivity index is 2.87. The number of anilines is 1. The van der Waals surface area contributed by atoms with Crippen LogP contribution in [0.5, 0.6) is 0 Å². The summed E-state index contributed by atoms with van der Waals surface area (Å²) in [6.07, 6.45) is 0.811. The van der Waals surface area contributed by atoms with Crippen molar-refractivity contribution in [2.75, 3.05) is 5.32 Å². The normalized spacial score (nSPS) is 12.9. The molecular weight excluding hydrogens is 240 g/mol. The average molecular weight is 256 g/mol. The number of nitrogens with two attached hydrogens (primary N) is 1. The molecule has 5 nitrogen and oxygen atoms in total. The number of amides is 1. The van der Waals surface area contributed by atoms with Gasteiger partial charge in [0.25, 0.3) is 0 Å². The van der Waals surface area contributed by atoms with Crippen molar-refractivity contribution in [1.29, 1.82) is 10.5 Å². The van der Waals surface area contributed by atoms with Gasteiger partial charge in [0.15, 0.2) is 0 Å². The minimum Gasteiger partial charge on any atom is -0.325 e. The van der Waals surface area contributed by atoms with Crippen LogP contribution in [0, 0.1) is 28.6 Å². The van der Waals surface area contributed by atoms with Gasteiger partial charge in [0.05, 0.1) is 17.2 Å². The fourth-order valence-corrected chi connectivity index (χ4v) is 1.55. The van der Waals surface area contributed by atoms with E-state index in [2.05, 4.69) is 5.32 Å². The monoisotopic (exact) mass is 256 g/mol. The molecule has 0 bridgehead atoms. The lowest BCUT2D eigenvalue weighted by Crippen LogP contribution is -2.40. The van der Waals surface area contributed by atoms with Gasteiger partial charge in [-0.1, -0.05) is 20.3 Å². The van der Waals surface area contributed by atoms with E-state index in [1.807, 2.05) is 26.0 Å². The van der Waals surface area contributed by atoms with Gasteiger partial charge in [-0.05, 0) is 24.1 Å². The van der Waals surface area contributed by atoms with E-state index in [0.29, 0.717) is 5.69 Å². The zero-order valence-corrected chi connectivity index (χ0v) is 11.0. The smallest absolute Gasteiger partial charge is 0.241 e. The zero-order chi connectivity index (χ0) is 14.4. The summed E-state index contributed by atoms with van der Waals surface area (Å²) in [5.74, 6) is -0.211. The summed E-state index contributed by atoms with van der Waals surface area (Å²) in [4.78, 5) is 11.9. The van der Waals surface area contributed by atoms with Crippen molar-refractivity contribution in [3.8, 4) is 12.1 Å². The molecule has 5 heteroatoms. The van der Waals surface area contributed by atoms with Crippen molar-refractivity contribution in [1.82, 2.24) is 0 Å². The molecule has 2 atom stereocenters. The molecular formula is C14H16N4O. The van der Waals surface area contributed by atoms with E-state index in [0.717, 1.165) is 6.42 Å². The summed E-state index contributed by atoms with van der Waals surface area (Å²) in [5.41, 5.74) is 6.81. The molecule has 0 radical (unpaired) electrons. The Labute approximate surface area is 112 Å². The topological polar surface area (TPSA) is 103 Å². The first kappa shape index (κ1) is 14.7. The van der Waals surface area contributed by atoms with Crippen LogP contribution in [-0.4, -0.2) is 11.9 Å². The largest absolute Gasteiger partial charge is 0.325 e. The van der Waals surface area contributed by atoms with Gasteiger partial charge in [-0.3, -0.25) is 4.79 Å². The maximum Gasteiger partial charge on any atom is 0.241 e. The van der Waals surface area contributed by atoms with Crippen LogP contribution >= 0.6 is 0 Å². The van der Waals surface area contributed by atoms with E-state index in [1.54, 1.807) is 6.07 Å². The van der Waals surface area contributed by atoms with Crippen LogP contribution in [0.1, 0.15) is 31.4 Å². The Bertz CT molecular complexity index is 554. The molecule has 0 aliphatic carbocycles. The Kier molecular flexibility index (Phi) is 5.05. The molecule has 0 spiro atoms. The Morgan fingerprint density at radius 3 is 2.53 bits per heavy atom. The van der Waals surface area contributed by atoms with Gasteiger partial charge in [0, 0.05) is 5.69 Å². The third kappa shape index (κ3) is 3.54. The van der Waals surface area contributed by atoms with Gasteiger partial charge in [-0.25, -0.2) is 0 Å². The molecule has 19 heavy (non-hydrogen) atoms. The Morgan fingerprint density at radius 1 is 1.37 bits per heavy atom. The van der Waals surface area contributed by atoms with Crippen LogP contribution in [-0.2, 0) is 4.79 Å². The van der Waals surface area contributed by atoms with Crippen molar-refractivity contribution in [2.24, 2.45) is 11.7 Å². The second-order valence-corrected chi connectivity index (χ2v) is 4.38. The number of hydrogen-bond acceptors (Lipinski definition) is 4. The lowest BCUT2D eigenvalue weighted by molar-refractivity contribution is -0.118. The van der Waals surface area contributed by atoms with E-state index in [4.69, 9.17) is 16.3 Å². The summed E-state index contributed by atoms with van der Waals surface area (Å²) in [7, 11) is 0. The molecule has 0 saturated carbocycles. The summed E-state index contributed by atoms with van der Waals surface area (Å²) in [6, 6.07) is 7.80. The lowest BCUT2D eigenvalue weighted by Gasteiger charge is -2.17. The van der Waals surface area contributed by atoms with Crippen molar-refractivity contribution in [2.45, 2.75) is 26.3 Å². The summed E-state index contributed by atoms with van der Waals surface area (Å²) >= 11 is 0. The van der Waals surface area contributed by atoms with Crippen molar-refractivity contribution >= 4 is 11.6 Å². The number of benzene rings is 1. The highest BCUT2D eigenvalue weighted by Gasteiger charge is 2.19.